The summed E-state index contributed by atoms with van der Waals surface area (Å²) in [6.07, 6.45) is 8.35. The molecule has 6 heteroatoms. The number of amides is 3. The van der Waals surface area contributed by atoms with Gasteiger partial charge in [0, 0.05) is 44.6 Å². The van der Waals surface area contributed by atoms with Crippen LogP contribution in [-0.4, -0.2) is 52.4 Å². The molecule has 1 aromatic heterocycles. The maximum Gasteiger partial charge on any atom is 0.317 e. The van der Waals surface area contributed by atoms with Crippen LogP contribution in [-0.2, 0) is 11.3 Å². The van der Waals surface area contributed by atoms with Crippen molar-refractivity contribution in [3.8, 4) is 0 Å². The predicted molar refractivity (Wildman–Crippen MR) is 89.1 cm³/mol. The first-order valence-corrected chi connectivity index (χ1v) is 8.90. The summed E-state index contributed by atoms with van der Waals surface area (Å²) in [6, 6.07) is 4.28. The molecule has 1 aliphatic carbocycles. The van der Waals surface area contributed by atoms with Crippen molar-refractivity contribution in [2.24, 2.45) is 5.41 Å². The van der Waals surface area contributed by atoms with E-state index in [1.54, 1.807) is 12.4 Å². The molecule has 4 rings (SSSR count). The van der Waals surface area contributed by atoms with Crippen LogP contribution in [0.15, 0.2) is 24.5 Å². The number of likely N-dealkylation sites (tertiary alicyclic amines) is 2. The van der Waals surface area contributed by atoms with Crippen molar-refractivity contribution in [3.63, 3.8) is 0 Å². The molecular formula is C18H24N4O2. The van der Waals surface area contributed by atoms with Crippen molar-refractivity contribution in [1.29, 1.82) is 0 Å². The van der Waals surface area contributed by atoms with Gasteiger partial charge in [-0.3, -0.25) is 9.78 Å². The topological polar surface area (TPSA) is 65.5 Å². The number of pyridine rings is 1. The van der Waals surface area contributed by atoms with Crippen molar-refractivity contribution in [2.75, 3.05) is 19.6 Å². The van der Waals surface area contributed by atoms with Gasteiger partial charge in [0.1, 0.15) is 0 Å². The number of hydrogen-bond acceptors (Lipinski definition) is 3. The number of piperidine rings is 1. The molecule has 3 aliphatic rings. The minimum Gasteiger partial charge on any atom is -0.338 e. The van der Waals surface area contributed by atoms with E-state index in [1.165, 1.54) is 0 Å². The Morgan fingerprint density at radius 3 is 2.79 bits per heavy atom. The SMILES string of the molecule is O=C(NC1CC1)N1CCC[C@@]2(CCN(Cc3ccncc3)C2=O)C1. The Labute approximate surface area is 142 Å². The molecule has 1 N–H and O–H groups in total. The lowest BCUT2D eigenvalue weighted by Crippen LogP contribution is -2.52. The second kappa shape index (κ2) is 6.07. The highest BCUT2D eigenvalue weighted by molar-refractivity contribution is 5.86. The van der Waals surface area contributed by atoms with Gasteiger partial charge in [0.15, 0.2) is 0 Å². The van der Waals surface area contributed by atoms with Crippen molar-refractivity contribution >= 4 is 11.9 Å². The lowest BCUT2D eigenvalue weighted by Gasteiger charge is -2.39. The number of hydrogen-bond donors (Lipinski definition) is 1. The molecule has 1 spiro atoms. The number of urea groups is 1. The Kier molecular flexibility index (Phi) is 3.90. The molecular weight excluding hydrogens is 304 g/mol. The molecule has 0 aromatic carbocycles. The molecule has 3 heterocycles. The van der Waals surface area contributed by atoms with Crippen molar-refractivity contribution < 1.29 is 9.59 Å². The summed E-state index contributed by atoms with van der Waals surface area (Å²) in [4.78, 5) is 33.2. The average Bonchev–Trinajstić information content (AvgIpc) is 3.38. The molecule has 1 atom stereocenters. The Bertz CT molecular complexity index is 631. The second-order valence-corrected chi connectivity index (χ2v) is 7.36. The number of nitrogens with zero attached hydrogens (tertiary/aromatic N) is 3. The molecule has 128 valence electrons. The van der Waals surface area contributed by atoms with E-state index in [9.17, 15) is 9.59 Å². The highest BCUT2D eigenvalue weighted by atomic mass is 16.2. The first-order chi connectivity index (χ1) is 11.7. The summed E-state index contributed by atoms with van der Waals surface area (Å²) >= 11 is 0. The number of carbonyl (C=O) groups is 2. The molecule has 2 saturated heterocycles. The minimum absolute atomic E-state index is 0.0111. The minimum atomic E-state index is -0.369. The summed E-state index contributed by atoms with van der Waals surface area (Å²) in [5.74, 6) is 0.211. The van der Waals surface area contributed by atoms with Crippen LogP contribution in [0.25, 0.3) is 0 Å². The molecule has 1 saturated carbocycles. The lowest BCUT2D eigenvalue weighted by molar-refractivity contribution is -0.138. The van der Waals surface area contributed by atoms with E-state index < -0.39 is 0 Å². The third-order valence-electron chi connectivity index (χ3n) is 5.49. The van der Waals surface area contributed by atoms with Crippen molar-refractivity contribution in [1.82, 2.24) is 20.1 Å². The number of nitrogens with one attached hydrogen (secondary N) is 1. The molecule has 1 aromatic rings. The van der Waals surface area contributed by atoms with E-state index >= 15 is 0 Å². The van der Waals surface area contributed by atoms with Crippen molar-refractivity contribution in [3.05, 3.63) is 30.1 Å². The summed E-state index contributed by atoms with van der Waals surface area (Å²) in [5.41, 5.74) is 0.737. The van der Waals surface area contributed by atoms with Crippen LogP contribution in [0.1, 0.15) is 37.7 Å². The third kappa shape index (κ3) is 2.97. The van der Waals surface area contributed by atoms with E-state index in [1.807, 2.05) is 21.9 Å². The summed E-state index contributed by atoms with van der Waals surface area (Å²) in [7, 11) is 0. The molecule has 3 fully saturated rings. The van der Waals surface area contributed by atoms with E-state index in [2.05, 4.69) is 10.3 Å². The fourth-order valence-corrected chi connectivity index (χ4v) is 3.93. The smallest absolute Gasteiger partial charge is 0.317 e. The van der Waals surface area contributed by atoms with Crippen LogP contribution in [0.5, 0.6) is 0 Å². The maximum absolute atomic E-state index is 13.0. The Morgan fingerprint density at radius 2 is 2.04 bits per heavy atom. The molecule has 0 bridgehead atoms. The summed E-state index contributed by atoms with van der Waals surface area (Å²) < 4.78 is 0. The van der Waals surface area contributed by atoms with Gasteiger partial charge in [0.05, 0.1) is 5.41 Å². The van der Waals surface area contributed by atoms with E-state index in [0.29, 0.717) is 19.1 Å². The fourth-order valence-electron chi connectivity index (χ4n) is 3.93. The normalized spacial score (nSPS) is 26.9. The van der Waals surface area contributed by atoms with Gasteiger partial charge in [0.25, 0.3) is 0 Å². The largest absolute Gasteiger partial charge is 0.338 e. The molecule has 6 nitrogen and oxygen atoms in total. The van der Waals surface area contributed by atoms with Gasteiger partial charge >= 0.3 is 6.03 Å². The number of aromatic nitrogens is 1. The Balaban J connectivity index is 1.42. The monoisotopic (exact) mass is 328 g/mol. The predicted octanol–water partition coefficient (Wildman–Crippen LogP) is 1.77. The van der Waals surface area contributed by atoms with E-state index in [4.69, 9.17) is 0 Å². The third-order valence-corrected chi connectivity index (χ3v) is 5.49. The zero-order valence-corrected chi connectivity index (χ0v) is 13.9. The molecule has 0 unspecified atom stereocenters. The first kappa shape index (κ1) is 15.4. The van der Waals surface area contributed by atoms with Gasteiger partial charge in [-0.25, -0.2) is 4.79 Å². The fraction of sp³-hybridized carbons (Fsp3) is 0.611. The van der Waals surface area contributed by atoms with Crippen LogP contribution < -0.4 is 5.32 Å². The quantitative estimate of drug-likeness (QED) is 0.919. The molecule has 24 heavy (non-hydrogen) atoms. The number of carbonyl (C=O) groups excluding carboxylic acids is 2. The maximum atomic E-state index is 13.0. The van der Waals surface area contributed by atoms with Gasteiger partial charge in [-0.05, 0) is 49.8 Å². The molecule has 2 aliphatic heterocycles. The van der Waals surface area contributed by atoms with Gasteiger partial charge in [-0.1, -0.05) is 0 Å². The van der Waals surface area contributed by atoms with Crippen LogP contribution >= 0.6 is 0 Å². The van der Waals surface area contributed by atoms with Gasteiger partial charge in [-0.15, -0.1) is 0 Å². The zero-order chi connectivity index (χ0) is 16.6. The van der Waals surface area contributed by atoms with Crippen LogP contribution in [0, 0.1) is 5.41 Å². The number of rotatable bonds is 3. The summed E-state index contributed by atoms with van der Waals surface area (Å²) in [5, 5.41) is 3.05. The summed E-state index contributed by atoms with van der Waals surface area (Å²) in [6.45, 7) is 2.74. The van der Waals surface area contributed by atoms with E-state index in [-0.39, 0.29) is 17.4 Å². The molecule has 3 amide bonds. The van der Waals surface area contributed by atoms with Gasteiger partial charge in [0.2, 0.25) is 5.91 Å². The average molecular weight is 328 g/mol. The Hall–Kier alpha value is -2.11. The lowest BCUT2D eigenvalue weighted by atomic mass is 9.78. The second-order valence-electron chi connectivity index (χ2n) is 7.36. The highest BCUT2D eigenvalue weighted by Gasteiger charge is 2.49. The molecule has 0 radical (unpaired) electrons. The van der Waals surface area contributed by atoms with Gasteiger partial charge < -0.3 is 15.1 Å². The highest BCUT2D eigenvalue weighted by Crippen LogP contribution is 2.40. The Morgan fingerprint density at radius 1 is 1.25 bits per heavy atom. The zero-order valence-electron chi connectivity index (χ0n) is 13.9. The van der Waals surface area contributed by atoms with Crippen LogP contribution in [0.4, 0.5) is 4.79 Å². The van der Waals surface area contributed by atoms with Gasteiger partial charge in [-0.2, -0.15) is 0 Å². The van der Waals surface area contributed by atoms with Crippen LogP contribution in [0.2, 0.25) is 0 Å². The van der Waals surface area contributed by atoms with Crippen molar-refractivity contribution in [2.45, 2.75) is 44.7 Å². The first-order valence-electron chi connectivity index (χ1n) is 8.90. The van der Waals surface area contributed by atoms with E-state index in [0.717, 1.165) is 50.8 Å². The standard InChI is InChI=1S/C18H24N4O2/c23-16-18(7-11-21(16)12-14-4-8-19-9-5-14)6-1-10-22(13-18)17(24)20-15-2-3-15/h4-5,8-9,15H,1-3,6-7,10-13H2,(H,20,24)/t18-/m1/s1. The van der Waals surface area contributed by atoms with Crippen LogP contribution in [0.3, 0.4) is 0 Å².